The lowest BCUT2D eigenvalue weighted by Gasteiger charge is -2.37. The summed E-state index contributed by atoms with van der Waals surface area (Å²) in [4.78, 5) is 17.0. The molecule has 5 heteroatoms. The summed E-state index contributed by atoms with van der Waals surface area (Å²) >= 11 is 0. The number of carbonyl (C=O) groups excluding carboxylic acids is 1. The molecule has 4 rings (SSSR count). The zero-order valence-electron chi connectivity index (χ0n) is 17.1. The Bertz CT molecular complexity index is 1010. The van der Waals surface area contributed by atoms with E-state index >= 15 is 0 Å². The molecule has 1 aliphatic rings. The van der Waals surface area contributed by atoms with Crippen molar-refractivity contribution in [2.24, 2.45) is 0 Å². The number of benzene rings is 3. The Labute approximate surface area is 176 Å². The van der Waals surface area contributed by atoms with Gasteiger partial charge in [-0.1, -0.05) is 43.3 Å². The number of nitrogens with one attached hydrogen (secondary N) is 1. The molecule has 4 nitrogen and oxygen atoms in total. The summed E-state index contributed by atoms with van der Waals surface area (Å²) in [6.45, 7) is 5.20. The van der Waals surface area contributed by atoms with Crippen LogP contribution in [0.3, 0.4) is 0 Å². The SMILES string of the molecule is CCc1ccccc1C(=O)Nc1ccc(N2CCN(c3ccccc3)CC2)c(F)c1. The average molecular weight is 404 g/mol. The van der Waals surface area contributed by atoms with E-state index < -0.39 is 0 Å². The van der Waals surface area contributed by atoms with Crippen molar-refractivity contribution in [2.45, 2.75) is 13.3 Å². The van der Waals surface area contributed by atoms with Gasteiger partial charge in [-0.25, -0.2) is 4.39 Å². The Balaban J connectivity index is 1.42. The quantitative estimate of drug-likeness (QED) is 0.654. The molecule has 0 aromatic heterocycles. The summed E-state index contributed by atoms with van der Waals surface area (Å²) in [7, 11) is 0. The fourth-order valence-corrected chi connectivity index (χ4v) is 3.93. The second-order valence-corrected chi connectivity index (χ2v) is 7.44. The van der Waals surface area contributed by atoms with E-state index in [1.54, 1.807) is 18.2 Å². The molecule has 0 unspecified atom stereocenters. The van der Waals surface area contributed by atoms with Crippen LogP contribution in [0, 0.1) is 5.82 Å². The van der Waals surface area contributed by atoms with Crippen LogP contribution >= 0.6 is 0 Å². The summed E-state index contributed by atoms with van der Waals surface area (Å²) in [6, 6.07) is 22.7. The largest absolute Gasteiger partial charge is 0.368 e. The Hall–Kier alpha value is -3.34. The van der Waals surface area contributed by atoms with Crippen LogP contribution in [0.25, 0.3) is 0 Å². The molecule has 30 heavy (non-hydrogen) atoms. The van der Waals surface area contributed by atoms with Gasteiger partial charge in [-0.05, 0) is 48.4 Å². The van der Waals surface area contributed by atoms with Crippen LogP contribution in [0.2, 0.25) is 0 Å². The molecule has 0 atom stereocenters. The molecule has 1 heterocycles. The highest BCUT2D eigenvalue weighted by Gasteiger charge is 2.20. The van der Waals surface area contributed by atoms with E-state index in [4.69, 9.17) is 0 Å². The average Bonchev–Trinajstić information content (AvgIpc) is 2.80. The summed E-state index contributed by atoms with van der Waals surface area (Å²) < 4.78 is 14.8. The van der Waals surface area contributed by atoms with Gasteiger partial charge in [0.1, 0.15) is 5.82 Å². The zero-order valence-corrected chi connectivity index (χ0v) is 17.1. The second-order valence-electron chi connectivity index (χ2n) is 7.44. The summed E-state index contributed by atoms with van der Waals surface area (Å²) in [5.41, 5.74) is 3.85. The first-order valence-electron chi connectivity index (χ1n) is 10.4. The van der Waals surface area contributed by atoms with Crippen LogP contribution in [0.5, 0.6) is 0 Å². The van der Waals surface area contributed by atoms with Crippen molar-refractivity contribution >= 4 is 23.0 Å². The molecule has 0 spiro atoms. The first-order valence-corrected chi connectivity index (χ1v) is 10.4. The minimum absolute atomic E-state index is 0.212. The standard InChI is InChI=1S/C25H26FN3O/c1-2-19-8-6-7-11-22(19)25(30)27-20-12-13-24(23(26)18-20)29-16-14-28(15-17-29)21-9-4-3-5-10-21/h3-13,18H,2,14-17H2,1H3,(H,27,30). The van der Waals surface area contributed by atoms with E-state index in [1.165, 1.54) is 11.8 Å². The molecular formula is C25H26FN3O. The molecule has 3 aromatic carbocycles. The van der Waals surface area contributed by atoms with Gasteiger partial charge in [0.2, 0.25) is 0 Å². The number of anilines is 3. The van der Waals surface area contributed by atoms with E-state index in [2.05, 4.69) is 27.2 Å². The van der Waals surface area contributed by atoms with Crippen molar-refractivity contribution in [1.29, 1.82) is 0 Å². The smallest absolute Gasteiger partial charge is 0.255 e. The lowest BCUT2D eigenvalue weighted by molar-refractivity contribution is 0.102. The zero-order chi connectivity index (χ0) is 20.9. The van der Waals surface area contributed by atoms with E-state index in [0.29, 0.717) is 16.9 Å². The summed E-state index contributed by atoms with van der Waals surface area (Å²) in [5.74, 6) is -0.527. The summed E-state index contributed by atoms with van der Waals surface area (Å²) in [5, 5.41) is 2.83. The van der Waals surface area contributed by atoms with Gasteiger partial charge in [-0.15, -0.1) is 0 Å². The monoisotopic (exact) mass is 403 g/mol. The highest BCUT2D eigenvalue weighted by Crippen LogP contribution is 2.26. The van der Waals surface area contributed by atoms with Crippen molar-refractivity contribution in [1.82, 2.24) is 0 Å². The first kappa shape index (κ1) is 20.0. The van der Waals surface area contributed by atoms with Crippen molar-refractivity contribution in [3.8, 4) is 0 Å². The van der Waals surface area contributed by atoms with E-state index in [0.717, 1.165) is 38.2 Å². The van der Waals surface area contributed by atoms with E-state index in [1.807, 2.05) is 43.3 Å². The van der Waals surface area contributed by atoms with Crippen LogP contribution in [0.15, 0.2) is 72.8 Å². The van der Waals surface area contributed by atoms with Crippen molar-refractivity contribution < 1.29 is 9.18 Å². The predicted molar refractivity (Wildman–Crippen MR) is 121 cm³/mol. The third kappa shape index (κ3) is 4.30. The number of nitrogens with zero attached hydrogens (tertiary/aromatic N) is 2. The maximum absolute atomic E-state index is 14.8. The maximum atomic E-state index is 14.8. The number of piperazine rings is 1. The van der Waals surface area contributed by atoms with Gasteiger partial charge in [-0.2, -0.15) is 0 Å². The van der Waals surface area contributed by atoms with Gasteiger partial charge in [0.25, 0.3) is 5.91 Å². The molecule has 0 bridgehead atoms. The van der Waals surface area contributed by atoms with Crippen LogP contribution in [-0.4, -0.2) is 32.1 Å². The number of aryl methyl sites for hydroxylation is 1. The second kappa shape index (κ2) is 8.99. The predicted octanol–water partition coefficient (Wildman–Crippen LogP) is 4.97. The number of amides is 1. The Kier molecular flexibility index (Phi) is 5.98. The van der Waals surface area contributed by atoms with Gasteiger partial charge in [0, 0.05) is 43.1 Å². The number of para-hydroxylation sites is 1. The number of hydrogen-bond acceptors (Lipinski definition) is 3. The summed E-state index contributed by atoms with van der Waals surface area (Å²) in [6.07, 6.45) is 0.770. The molecule has 1 saturated heterocycles. The van der Waals surface area contributed by atoms with Gasteiger partial charge >= 0.3 is 0 Å². The molecule has 1 N–H and O–H groups in total. The Morgan fingerprint density at radius 2 is 1.57 bits per heavy atom. The lowest BCUT2D eigenvalue weighted by atomic mass is 10.0. The molecule has 0 radical (unpaired) electrons. The Morgan fingerprint density at radius 1 is 0.900 bits per heavy atom. The lowest BCUT2D eigenvalue weighted by Crippen LogP contribution is -2.46. The number of halogens is 1. The van der Waals surface area contributed by atoms with Gasteiger partial charge in [0.05, 0.1) is 5.69 Å². The minimum atomic E-state index is -0.315. The molecule has 1 fully saturated rings. The fourth-order valence-electron chi connectivity index (χ4n) is 3.93. The third-order valence-corrected chi connectivity index (χ3v) is 5.59. The van der Waals surface area contributed by atoms with Crippen molar-refractivity contribution in [2.75, 3.05) is 41.3 Å². The van der Waals surface area contributed by atoms with E-state index in [-0.39, 0.29) is 11.7 Å². The minimum Gasteiger partial charge on any atom is -0.368 e. The van der Waals surface area contributed by atoms with Crippen LogP contribution in [0.1, 0.15) is 22.8 Å². The van der Waals surface area contributed by atoms with Crippen LogP contribution in [0.4, 0.5) is 21.5 Å². The third-order valence-electron chi connectivity index (χ3n) is 5.59. The van der Waals surface area contributed by atoms with Crippen molar-refractivity contribution in [3.63, 3.8) is 0 Å². The van der Waals surface area contributed by atoms with Gasteiger partial charge < -0.3 is 15.1 Å². The van der Waals surface area contributed by atoms with E-state index in [9.17, 15) is 9.18 Å². The highest BCUT2D eigenvalue weighted by molar-refractivity contribution is 6.05. The Morgan fingerprint density at radius 3 is 2.27 bits per heavy atom. The topological polar surface area (TPSA) is 35.6 Å². The first-order chi connectivity index (χ1) is 14.7. The normalized spacial score (nSPS) is 13.9. The maximum Gasteiger partial charge on any atom is 0.255 e. The van der Waals surface area contributed by atoms with Crippen molar-refractivity contribution in [3.05, 3.63) is 89.7 Å². The van der Waals surface area contributed by atoms with Gasteiger partial charge in [0.15, 0.2) is 0 Å². The van der Waals surface area contributed by atoms with Crippen LogP contribution < -0.4 is 15.1 Å². The highest BCUT2D eigenvalue weighted by atomic mass is 19.1. The molecule has 3 aromatic rings. The molecular weight excluding hydrogens is 377 g/mol. The molecule has 1 amide bonds. The molecule has 0 saturated carbocycles. The fraction of sp³-hybridized carbons (Fsp3) is 0.240. The number of hydrogen-bond donors (Lipinski definition) is 1. The molecule has 154 valence electrons. The number of rotatable bonds is 5. The van der Waals surface area contributed by atoms with Gasteiger partial charge in [-0.3, -0.25) is 4.79 Å². The molecule has 0 aliphatic carbocycles. The molecule has 1 aliphatic heterocycles. The van der Waals surface area contributed by atoms with Crippen LogP contribution in [-0.2, 0) is 6.42 Å². The number of carbonyl (C=O) groups is 1.